The monoisotopic (exact) mass is 258 g/mol. The van der Waals surface area contributed by atoms with Crippen LogP contribution in [0.1, 0.15) is 22.2 Å². The van der Waals surface area contributed by atoms with Gasteiger partial charge in [0.05, 0.1) is 18.0 Å². The molecule has 1 heterocycles. The lowest BCUT2D eigenvalue weighted by Crippen LogP contribution is -2.12. The SMILES string of the molecule is O=C(O)c1ccc(NCC(O)c2ccccc2)cn1. The Morgan fingerprint density at radius 3 is 2.53 bits per heavy atom. The molecule has 0 saturated heterocycles. The molecule has 19 heavy (non-hydrogen) atoms. The Kier molecular flexibility index (Phi) is 4.10. The van der Waals surface area contributed by atoms with Gasteiger partial charge in [-0.05, 0) is 17.7 Å². The van der Waals surface area contributed by atoms with E-state index in [-0.39, 0.29) is 5.69 Å². The summed E-state index contributed by atoms with van der Waals surface area (Å²) in [4.78, 5) is 14.4. The molecule has 2 rings (SSSR count). The molecule has 1 unspecified atom stereocenters. The van der Waals surface area contributed by atoms with Crippen molar-refractivity contribution < 1.29 is 15.0 Å². The van der Waals surface area contributed by atoms with Crippen molar-refractivity contribution in [3.63, 3.8) is 0 Å². The average molecular weight is 258 g/mol. The summed E-state index contributed by atoms with van der Waals surface area (Å²) in [6.45, 7) is 0.331. The first-order chi connectivity index (χ1) is 9.16. The molecule has 5 heteroatoms. The van der Waals surface area contributed by atoms with Crippen molar-refractivity contribution in [1.82, 2.24) is 4.98 Å². The first-order valence-electron chi connectivity index (χ1n) is 5.83. The van der Waals surface area contributed by atoms with Gasteiger partial charge in [-0.1, -0.05) is 30.3 Å². The molecule has 0 aliphatic rings. The molecule has 0 bridgehead atoms. The van der Waals surface area contributed by atoms with E-state index < -0.39 is 12.1 Å². The Morgan fingerprint density at radius 1 is 1.21 bits per heavy atom. The highest BCUT2D eigenvalue weighted by atomic mass is 16.4. The highest BCUT2D eigenvalue weighted by Crippen LogP contribution is 2.13. The lowest BCUT2D eigenvalue weighted by atomic mass is 10.1. The van der Waals surface area contributed by atoms with E-state index >= 15 is 0 Å². The van der Waals surface area contributed by atoms with Crippen molar-refractivity contribution in [3.05, 3.63) is 59.9 Å². The van der Waals surface area contributed by atoms with Gasteiger partial charge in [0.25, 0.3) is 0 Å². The zero-order chi connectivity index (χ0) is 13.7. The Balaban J connectivity index is 1.93. The maximum Gasteiger partial charge on any atom is 0.354 e. The van der Waals surface area contributed by atoms with Gasteiger partial charge in [0.2, 0.25) is 0 Å². The molecule has 1 aromatic carbocycles. The molecule has 1 aromatic heterocycles. The van der Waals surface area contributed by atoms with Crippen LogP contribution < -0.4 is 5.32 Å². The number of benzene rings is 1. The van der Waals surface area contributed by atoms with Crippen LogP contribution in [0.15, 0.2) is 48.7 Å². The van der Waals surface area contributed by atoms with Gasteiger partial charge in [0.1, 0.15) is 5.69 Å². The zero-order valence-electron chi connectivity index (χ0n) is 10.2. The summed E-state index contributed by atoms with van der Waals surface area (Å²) >= 11 is 0. The summed E-state index contributed by atoms with van der Waals surface area (Å²) in [5.41, 5.74) is 1.49. The minimum Gasteiger partial charge on any atom is -0.477 e. The molecule has 0 aliphatic heterocycles. The fraction of sp³-hybridized carbons (Fsp3) is 0.143. The van der Waals surface area contributed by atoms with E-state index in [2.05, 4.69) is 10.3 Å². The first-order valence-corrected chi connectivity index (χ1v) is 5.83. The number of aliphatic hydroxyl groups excluding tert-OH is 1. The number of rotatable bonds is 5. The highest BCUT2D eigenvalue weighted by Gasteiger charge is 2.07. The molecule has 0 spiro atoms. The Morgan fingerprint density at radius 2 is 1.95 bits per heavy atom. The van der Waals surface area contributed by atoms with Crippen LogP contribution in [-0.2, 0) is 0 Å². The van der Waals surface area contributed by atoms with E-state index in [1.54, 1.807) is 6.07 Å². The summed E-state index contributed by atoms with van der Waals surface area (Å²) < 4.78 is 0. The molecule has 5 nitrogen and oxygen atoms in total. The third-order valence-corrected chi connectivity index (χ3v) is 2.67. The van der Waals surface area contributed by atoms with Gasteiger partial charge in [-0.3, -0.25) is 0 Å². The summed E-state index contributed by atoms with van der Waals surface area (Å²) in [7, 11) is 0. The number of anilines is 1. The Bertz CT molecular complexity index is 540. The molecule has 0 amide bonds. The maximum absolute atomic E-state index is 10.6. The third-order valence-electron chi connectivity index (χ3n) is 2.67. The van der Waals surface area contributed by atoms with Crippen LogP contribution in [0.3, 0.4) is 0 Å². The van der Waals surface area contributed by atoms with Crippen LogP contribution in [0.5, 0.6) is 0 Å². The predicted octanol–water partition coefficient (Wildman–Crippen LogP) is 1.93. The lowest BCUT2D eigenvalue weighted by Gasteiger charge is -2.12. The molecule has 0 aliphatic carbocycles. The van der Waals surface area contributed by atoms with E-state index in [0.29, 0.717) is 12.2 Å². The lowest BCUT2D eigenvalue weighted by molar-refractivity contribution is 0.0690. The quantitative estimate of drug-likeness (QED) is 0.763. The second-order valence-electron chi connectivity index (χ2n) is 4.04. The number of carbonyl (C=O) groups is 1. The number of aromatic carboxylic acids is 1. The number of carboxylic acid groups (broad SMARTS) is 1. The fourth-order valence-electron chi connectivity index (χ4n) is 1.63. The molecule has 98 valence electrons. The number of pyridine rings is 1. The van der Waals surface area contributed by atoms with Crippen LogP contribution >= 0.6 is 0 Å². The molecular formula is C14H14N2O3. The van der Waals surface area contributed by atoms with Crippen molar-refractivity contribution in [2.75, 3.05) is 11.9 Å². The number of hydrogen-bond donors (Lipinski definition) is 3. The number of aliphatic hydroxyl groups is 1. The minimum absolute atomic E-state index is 0.00541. The van der Waals surface area contributed by atoms with E-state index in [0.717, 1.165) is 5.56 Å². The molecule has 0 saturated carbocycles. The molecule has 0 radical (unpaired) electrons. The van der Waals surface area contributed by atoms with Crippen molar-refractivity contribution in [1.29, 1.82) is 0 Å². The molecular weight excluding hydrogens is 244 g/mol. The Hall–Kier alpha value is -2.40. The van der Waals surface area contributed by atoms with Crippen LogP contribution in [0, 0.1) is 0 Å². The number of aromatic nitrogens is 1. The van der Waals surface area contributed by atoms with Crippen molar-refractivity contribution in [3.8, 4) is 0 Å². The second kappa shape index (κ2) is 5.97. The van der Waals surface area contributed by atoms with Gasteiger partial charge >= 0.3 is 5.97 Å². The number of carboxylic acids is 1. The van der Waals surface area contributed by atoms with Gasteiger partial charge in [-0.25, -0.2) is 9.78 Å². The average Bonchev–Trinajstić information content (AvgIpc) is 2.46. The van der Waals surface area contributed by atoms with Gasteiger partial charge in [-0.2, -0.15) is 0 Å². The number of hydrogen-bond acceptors (Lipinski definition) is 4. The number of nitrogens with zero attached hydrogens (tertiary/aromatic N) is 1. The molecule has 0 fully saturated rings. The van der Waals surface area contributed by atoms with Gasteiger partial charge in [-0.15, -0.1) is 0 Å². The predicted molar refractivity (Wildman–Crippen MR) is 71.1 cm³/mol. The van der Waals surface area contributed by atoms with E-state index in [1.165, 1.54) is 12.3 Å². The van der Waals surface area contributed by atoms with Crippen molar-refractivity contribution in [2.45, 2.75) is 6.10 Å². The maximum atomic E-state index is 10.6. The summed E-state index contributed by atoms with van der Waals surface area (Å²) in [6.07, 6.45) is 0.807. The molecule has 2 aromatic rings. The van der Waals surface area contributed by atoms with Gasteiger partial charge < -0.3 is 15.5 Å². The smallest absolute Gasteiger partial charge is 0.354 e. The number of nitrogens with one attached hydrogen (secondary N) is 1. The van der Waals surface area contributed by atoms with E-state index in [4.69, 9.17) is 5.11 Å². The fourth-order valence-corrected chi connectivity index (χ4v) is 1.63. The largest absolute Gasteiger partial charge is 0.477 e. The highest BCUT2D eigenvalue weighted by molar-refractivity contribution is 5.85. The molecule has 1 atom stereocenters. The third kappa shape index (κ3) is 3.53. The van der Waals surface area contributed by atoms with Gasteiger partial charge in [0.15, 0.2) is 0 Å². The summed E-state index contributed by atoms with van der Waals surface area (Å²) in [6, 6.07) is 12.3. The minimum atomic E-state index is -1.06. The van der Waals surface area contributed by atoms with Crippen LogP contribution in [0.25, 0.3) is 0 Å². The zero-order valence-corrected chi connectivity index (χ0v) is 10.2. The van der Waals surface area contributed by atoms with Crippen LogP contribution in [0.4, 0.5) is 5.69 Å². The molecule has 3 N–H and O–H groups in total. The normalized spacial score (nSPS) is 11.8. The standard InChI is InChI=1S/C14H14N2O3/c17-13(10-4-2-1-3-5-10)9-15-11-6-7-12(14(18)19)16-8-11/h1-8,13,15,17H,9H2,(H,18,19). The van der Waals surface area contributed by atoms with Crippen LogP contribution in [-0.4, -0.2) is 27.7 Å². The summed E-state index contributed by atoms with van der Waals surface area (Å²) in [5, 5.41) is 21.7. The van der Waals surface area contributed by atoms with Crippen LogP contribution in [0.2, 0.25) is 0 Å². The van der Waals surface area contributed by atoms with E-state index in [9.17, 15) is 9.90 Å². The Labute approximate surface area is 110 Å². The van der Waals surface area contributed by atoms with E-state index in [1.807, 2.05) is 30.3 Å². The van der Waals surface area contributed by atoms with Crippen molar-refractivity contribution in [2.24, 2.45) is 0 Å². The second-order valence-corrected chi connectivity index (χ2v) is 4.04. The first kappa shape index (κ1) is 13.0. The van der Waals surface area contributed by atoms with Crippen molar-refractivity contribution >= 4 is 11.7 Å². The van der Waals surface area contributed by atoms with Gasteiger partial charge in [0, 0.05) is 6.54 Å². The summed E-state index contributed by atoms with van der Waals surface area (Å²) in [5.74, 6) is -1.06. The topological polar surface area (TPSA) is 82.5 Å².